The zero-order valence-corrected chi connectivity index (χ0v) is 8.37. The Bertz CT molecular complexity index is 275. The molecule has 0 amide bonds. The van der Waals surface area contributed by atoms with Crippen molar-refractivity contribution >= 4 is 5.69 Å². The summed E-state index contributed by atoms with van der Waals surface area (Å²) in [6.07, 6.45) is 0. The van der Waals surface area contributed by atoms with Gasteiger partial charge in [0, 0.05) is 38.4 Å². The zero-order chi connectivity index (χ0) is 9.80. The van der Waals surface area contributed by atoms with Crippen molar-refractivity contribution < 1.29 is 0 Å². The highest BCUT2D eigenvalue weighted by atomic mass is 15.2. The molecule has 2 rings (SSSR count). The van der Waals surface area contributed by atoms with Crippen molar-refractivity contribution in [3.05, 3.63) is 29.8 Å². The van der Waals surface area contributed by atoms with Gasteiger partial charge in [-0.2, -0.15) is 0 Å². The summed E-state index contributed by atoms with van der Waals surface area (Å²) in [5, 5.41) is 3.35. The molecule has 0 atom stereocenters. The van der Waals surface area contributed by atoms with Crippen LogP contribution in [-0.2, 0) is 6.54 Å². The van der Waals surface area contributed by atoms with Crippen molar-refractivity contribution in [2.24, 2.45) is 5.73 Å². The molecule has 3 nitrogen and oxygen atoms in total. The lowest BCUT2D eigenvalue weighted by Gasteiger charge is -2.29. The lowest BCUT2D eigenvalue weighted by Crippen LogP contribution is -2.43. The van der Waals surface area contributed by atoms with Crippen LogP contribution in [0.25, 0.3) is 0 Å². The summed E-state index contributed by atoms with van der Waals surface area (Å²) in [4.78, 5) is 2.40. The molecular weight excluding hydrogens is 174 g/mol. The number of nitrogens with one attached hydrogen (secondary N) is 1. The Kier molecular flexibility index (Phi) is 3.01. The lowest BCUT2D eigenvalue weighted by atomic mass is 10.2. The van der Waals surface area contributed by atoms with Gasteiger partial charge in [-0.3, -0.25) is 0 Å². The van der Waals surface area contributed by atoms with Crippen LogP contribution in [0.3, 0.4) is 0 Å². The summed E-state index contributed by atoms with van der Waals surface area (Å²) in [6.45, 7) is 4.99. The molecule has 76 valence electrons. The minimum absolute atomic E-state index is 0.627. The lowest BCUT2D eigenvalue weighted by molar-refractivity contribution is 0.589. The minimum Gasteiger partial charge on any atom is -0.369 e. The molecule has 0 saturated carbocycles. The topological polar surface area (TPSA) is 41.3 Å². The first-order chi connectivity index (χ1) is 6.90. The van der Waals surface area contributed by atoms with Crippen molar-refractivity contribution in [3.63, 3.8) is 0 Å². The van der Waals surface area contributed by atoms with E-state index < -0.39 is 0 Å². The quantitative estimate of drug-likeness (QED) is 0.717. The Morgan fingerprint density at radius 3 is 2.36 bits per heavy atom. The number of nitrogens with two attached hydrogens (primary N) is 1. The van der Waals surface area contributed by atoms with Crippen LogP contribution < -0.4 is 16.0 Å². The smallest absolute Gasteiger partial charge is 0.0367 e. The number of anilines is 1. The van der Waals surface area contributed by atoms with Gasteiger partial charge in [0.2, 0.25) is 0 Å². The normalized spacial score (nSPS) is 17.1. The van der Waals surface area contributed by atoms with E-state index in [2.05, 4.69) is 34.5 Å². The Morgan fingerprint density at radius 1 is 1.14 bits per heavy atom. The van der Waals surface area contributed by atoms with E-state index in [4.69, 9.17) is 5.73 Å². The maximum Gasteiger partial charge on any atom is 0.0367 e. The molecule has 0 unspecified atom stereocenters. The van der Waals surface area contributed by atoms with Gasteiger partial charge in [-0.25, -0.2) is 0 Å². The van der Waals surface area contributed by atoms with Crippen LogP contribution >= 0.6 is 0 Å². The highest BCUT2D eigenvalue weighted by molar-refractivity contribution is 5.48. The number of hydrogen-bond donors (Lipinski definition) is 2. The number of benzene rings is 1. The van der Waals surface area contributed by atoms with Gasteiger partial charge in [-0.1, -0.05) is 12.1 Å². The van der Waals surface area contributed by atoms with Crippen LogP contribution in [0.1, 0.15) is 5.56 Å². The molecule has 3 N–H and O–H groups in total. The van der Waals surface area contributed by atoms with Gasteiger partial charge in [0.1, 0.15) is 0 Å². The fourth-order valence-electron chi connectivity index (χ4n) is 1.77. The number of nitrogens with zero attached hydrogens (tertiary/aromatic N) is 1. The van der Waals surface area contributed by atoms with Gasteiger partial charge in [0.05, 0.1) is 0 Å². The van der Waals surface area contributed by atoms with E-state index in [-0.39, 0.29) is 0 Å². The third-order valence-electron chi connectivity index (χ3n) is 2.65. The molecule has 0 radical (unpaired) electrons. The van der Waals surface area contributed by atoms with E-state index in [1.54, 1.807) is 0 Å². The summed E-state index contributed by atoms with van der Waals surface area (Å²) in [6, 6.07) is 8.54. The van der Waals surface area contributed by atoms with Gasteiger partial charge in [0.25, 0.3) is 0 Å². The molecule has 14 heavy (non-hydrogen) atoms. The van der Waals surface area contributed by atoms with Crippen LogP contribution in [-0.4, -0.2) is 26.2 Å². The summed E-state index contributed by atoms with van der Waals surface area (Å²) >= 11 is 0. The largest absolute Gasteiger partial charge is 0.369 e. The molecule has 0 aliphatic carbocycles. The molecular formula is C11H17N3. The molecule has 0 spiro atoms. The van der Waals surface area contributed by atoms with Gasteiger partial charge in [-0.05, 0) is 17.7 Å². The third-order valence-corrected chi connectivity index (χ3v) is 2.65. The van der Waals surface area contributed by atoms with Crippen molar-refractivity contribution in [1.82, 2.24) is 5.32 Å². The average molecular weight is 191 g/mol. The Hall–Kier alpha value is -1.06. The minimum atomic E-state index is 0.627. The highest BCUT2D eigenvalue weighted by Gasteiger charge is 2.09. The molecule has 1 aliphatic heterocycles. The van der Waals surface area contributed by atoms with E-state index in [0.29, 0.717) is 6.54 Å². The van der Waals surface area contributed by atoms with Gasteiger partial charge < -0.3 is 16.0 Å². The molecule has 1 saturated heterocycles. The van der Waals surface area contributed by atoms with Crippen LogP contribution in [0.4, 0.5) is 5.69 Å². The fraction of sp³-hybridized carbons (Fsp3) is 0.455. The number of piperazine rings is 1. The third kappa shape index (κ3) is 2.05. The van der Waals surface area contributed by atoms with E-state index in [1.165, 1.54) is 11.3 Å². The summed E-state index contributed by atoms with van der Waals surface area (Å²) < 4.78 is 0. The first-order valence-electron chi connectivity index (χ1n) is 5.15. The molecule has 1 aliphatic rings. The number of rotatable bonds is 2. The summed E-state index contributed by atoms with van der Waals surface area (Å²) in [5.74, 6) is 0. The monoisotopic (exact) mass is 191 g/mol. The first kappa shape index (κ1) is 9.49. The zero-order valence-electron chi connectivity index (χ0n) is 8.37. The van der Waals surface area contributed by atoms with Gasteiger partial charge >= 0.3 is 0 Å². The van der Waals surface area contributed by atoms with E-state index in [0.717, 1.165) is 26.2 Å². The van der Waals surface area contributed by atoms with Crippen molar-refractivity contribution in [1.29, 1.82) is 0 Å². The highest BCUT2D eigenvalue weighted by Crippen LogP contribution is 2.15. The summed E-state index contributed by atoms with van der Waals surface area (Å²) in [5.41, 5.74) is 8.06. The van der Waals surface area contributed by atoms with E-state index in [9.17, 15) is 0 Å². The van der Waals surface area contributed by atoms with Crippen molar-refractivity contribution in [2.75, 3.05) is 31.1 Å². The Balaban J connectivity index is 2.07. The van der Waals surface area contributed by atoms with Crippen LogP contribution in [0.5, 0.6) is 0 Å². The van der Waals surface area contributed by atoms with E-state index >= 15 is 0 Å². The second-order valence-electron chi connectivity index (χ2n) is 3.61. The predicted molar refractivity (Wildman–Crippen MR) is 59.4 cm³/mol. The van der Waals surface area contributed by atoms with Crippen molar-refractivity contribution in [3.8, 4) is 0 Å². The standard InChI is InChI=1S/C11H17N3/c12-9-10-1-3-11(4-2-10)14-7-5-13-6-8-14/h1-4,13H,5-9,12H2. The second kappa shape index (κ2) is 4.44. The fourth-order valence-corrected chi connectivity index (χ4v) is 1.77. The van der Waals surface area contributed by atoms with Gasteiger partial charge in [-0.15, -0.1) is 0 Å². The molecule has 1 aromatic rings. The van der Waals surface area contributed by atoms with Crippen LogP contribution in [0.2, 0.25) is 0 Å². The SMILES string of the molecule is NCc1ccc(N2CCNCC2)cc1. The van der Waals surface area contributed by atoms with Crippen LogP contribution in [0, 0.1) is 0 Å². The molecule has 0 aromatic heterocycles. The molecule has 1 fully saturated rings. The first-order valence-corrected chi connectivity index (χ1v) is 5.15. The second-order valence-corrected chi connectivity index (χ2v) is 3.61. The maximum absolute atomic E-state index is 5.55. The average Bonchev–Trinajstić information content (AvgIpc) is 2.30. The maximum atomic E-state index is 5.55. The number of hydrogen-bond acceptors (Lipinski definition) is 3. The van der Waals surface area contributed by atoms with Gasteiger partial charge in [0.15, 0.2) is 0 Å². The Morgan fingerprint density at radius 2 is 1.79 bits per heavy atom. The summed E-state index contributed by atoms with van der Waals surface area (Å²) in [7, 11) is 0. The van der Waals surface area contributed by atoms with Crippen LogP contribution in [0.15, 0.2) is 24.3 Å². The Labute approximate surface area is 84.9 Å². The van der Waals surface area contributed by atoms with Crippen molar-refractivity contribution in [2.45, 2.75) is 6.54 Å². The molecule has 0 bridgehead atoms. The molecule has 1 aromatic carbocycles. The predicted octanol–water partition coefficient (Wildman–Crippen LogP) is 0.555. The molecule has 1 heterocycles. The molecule has 3 heteroatoms. The van der Waals surface area contributed by atoms with E-state index in [1.807, 2.05) is 0 Å².